The monoisotopic (exact) mass is 256 g/mol. The number of carbonyl (C=O) groups is 1. The van der Waals surface area contributed by atoms with Crippen LogP contribution in [-0.4, -0.2) is 25.0 Å². The molecule has 2 aliphatic rings. The van der Waals surface area contributed by atoms with Gasteiger partial charge in [0.1, 0.15) is 0 Å². The molecule has 2 N–H and O–H groups in total. The van der Waals surface area contributed by atoms with Crippen LogP contribution in [0.1, 0.15) is 13.3 Å². The second-order valence-electron chi connectivity index (χ2n) is 5.24. The largest absolute Gasteiger partial charge is 0.317 e. The van der Waals surface area contributed by atoms with Crippen molar-refractivity contribution in [2.45, 2.75) is 25.4 Å². The van der Waals surface area contributed by atoms with Gasteiger partial charge in [-0.25, -0.2) is 9.69 Å². The molecule has 0 bridgehead atoms. The van der Waals surface area contributed by atoms with Gasteiger partial charge in [0.25, 0.3) is 0 Å². The van der Waals surface area contributed by atoms with Crippen molar-refractivity contribution in [3.8, 4) is 0 Å². The Balaban J connectivity index is 2.15. The van der Waals surface area contributed by atoms with Crippen LogP contribution in [0.4, 0.5) is 11.4 Å². The van der Waals surface area contributed by atoms with Crippen molar-refractivity contribution in [3.63, 3.8) is 0 Å². The molecule has 1 aliphatic carbocycles. The van der Waals surface area contributed by atoms with Gasteiger partial charge in [-0.1, -0.05) is 31.2 Å². The van der Waals surface area contributed by atoms with Crippen LogP contribution in [0.25, 0.3) is 0 Å². The molecular formula is C16H20N2O+2. The quantitative estimate of drug-likeness (QED) is 0.736. The predicted octanol–water partition coefficient (Wildman–Crippen LogP) is 0.163. The van der Waals surface area contributed by atoms with Crippen molar-refractivity contribution in [1.82, 2.24) is 0 Å². The minimum absolute atomic E-state index is 0.215. The third-order valence-electron chi connectivity index (χ3n) is 4.23. The zero-order chi connectivity index (χ0) is 13.4. The van der Waals surface area contributed by atoms with Crippen LogP contribution in [0, 0.1) is 0 Å². The molecule has 1 aliphatic heterocycles. The van der Waals surface area contributed by atoms with Gasteiger partial charge >= 0.3 is 5.91 Å². The van der Waals surface area contributed by atoms with Crippen LogP contribution in [-0.2, 0) is 4.79 Å². The molecule has 1 heterocycles. The summed E-state index contributed by atoms with van der Waals surface area (Å²) in [5.74, 6) is 0.273. The maximum absolute atomic E-state index is 12.4. The molecule has 0 saturated carbocycles. The van der Waals surface area contributed by atoms with E-state index in [2.05, 4.69) is 49.6 Å². The lowest BCUT2D eigenvalue weighted by molar-refractivity contribution is -0.907. The molecule has 0 saturated heterocycles. The number of fused-ring (bicyclic) bond motifs is 2. The lowest BCUT2D eigenvalue weighted by atomic mass is 9.94. The number of amides is 1. The highest BCUT2D eigenvalue weighted by molar-refractivity contribution is 5.72. The van der Waals surface area contributed by atoms with Crippen LogP contribution >= 0.6 is 0 Å². The van der Waals surface area contributed by atoms with Crippen molar-refractivity contribution in [2.24, 2.45) is 0 Å². The normalized spacial score (nSPS) is 31.7. The highest BCUT2D eigenvalue weighted by Crippen LogP contribution is 2.19. The van der Waals surface area contributed by atoms with E-state index in [9.17, 15) is 4.79 Å². The molecule has 1 aromatic rings. The lowest BCUT2D eigenvalue weighted by Crippen LogP contribution is -3.26. The van der Waals surface area contributed by atoms with Crippen molar-refractivity contribution < 1.29 is 14.6 Å². The highest BCUT2D eigenvalue weighted by Gasteiger charge is 2.46. The van der Waals surface area contributed by atoms with E-state index in [1.807, 2.05) is 13.0 Å². The molecule has 3 rings (SSSR count). The van der Waals surface area contributed by atoms with E-state index in [1.165, 1.54) is 10.6 Å². The van der Waals surface area contributed by atoms with E-state index in [0.29, 0.717) is 12.5 Å². The molecule has 4 atom stereocenters. The Bertz CT molecular complexity index is 562. The van der Waals surface area contributed by atoms with Gasteiger partial charge in [0.05, 0.1) is 13.5 Å². The Morgan fingerprint density at radius 3 is 2.42 bits per heavy atom. The number of allylic oxidation sites excluding steroid dienone is 2. The van der Waals surface area contributed by atoms with Gasteiger partial charge in [-0.2, -0.15) is 0 Å². The number of likely N-dealkylation sites (N-methyl/N-ethyl adjacent to an activating group) is 1. The van der Waals surface area contributed by atoms with Crippen LogP contribution in [0.3, 0.4) is 0 Å². The van der Waals surface area contributed by atoms with Crippen LogP contribution < -0.4 is 9.80 Å². The van der Waals surface area contributed by atoms with Gasteiger partial charge in [-0.05, 0) is 12.2 Å². The number of hydrogen-bond acceptors (Lipinski definition) is 1. The van der Waals surface area contributed by atoms with E-state index < -0.39 is 0 Å². The molecule has 0 spiro atoms. The number of rotatable bonds is 1. The number of para-hydroxylation sites is 2. The maximum Gasteiger partial charge on any atom is 0.317 e. The topological polar surface area (TPSA) is 26.0 Å². The molecular weight excluding hydrogens is 236 g/mol. The zero-order valence-electron chi connectivity index (χ0n) is 11.4. The Hall–Kier alpha value is -1.71. The first-order valence-corrected chi connectivity index (χ1v) is 6.92. The predicted molar refractivity (Wildman–Crippen MR) is 74.8 cm³/mol. The fourth-order valence-electron chi connectivity index (χ4n) is 3.24. The average molecular weight is 256 g/mol. The smallest absolute Gasteiger partial charge is 0.289 e. The molecule has 0 radical (unpaired) electrons. The third kappa shape index (κ3) is 1.86. The van der Waals surface area contributed by atoms with E-state index in [-0.39, 0.29) is 11.9 Å². The Kier molecular flexibility index (Phi) is 3.09. The summed E-state index contributed by atoms with van der Waals surface area (Å²) in [5.41, 5.74) is 2.37. The summed E-state index contributed by atoms with van der Waals surface area (Å²) < 4.78 is 0. The molecule has 1 aromatic carbocycles. The second kappa shape index (κ2) is 4.76. The van der Waals surface area contributed by atoms with Gasteiger partial charge in [-0.3, -0.25) is 4.90 Å². The first kappa shape index (κ1) is 12.3. The summed E-state index contributed by atoms with van der Waals surface area (Å²) in [4.78, 5) is 14.8. The maximum atomic E-state index is 12.4. The molecule has 3 nitrogen and oxygen atoms in total. The Morgan fingerprint density at radius 1 is 1.11 bits per heavy atom. The number of hydrogen-bond donors (Lipinski definition) is 2. The van der Waals surface area contributed by atoms with Gasteiger partial charge in [0.15, 0.2) is 17.8 Å². The first-order chi connectivity index (χ1) is 9.24. The molecule has 0 fully saturated rings. The van der Waals surface area contributed by atoms with Crippen molar-refractivity contribution in [2.75, 3.05) is 7.05 Å². The van der Waals surface area contributed by atoms with Crippen LogP contribution in [0.5, 0.6) is 0 Å². The highest BCUT2D eigenvalue weighted by atomic mass is 16.2. The Labute approximate surface area is 113 Å². The molecule has 98 valence electrons. The van der Waals surface area contributed by atoms with E-state index in [1.54, 1.807) is 0 Å². The van der Waals surface area contributed by atoms with E-state index >= 15 is 0 Å². The standard InChI is InChI=1S/C16H18N2O/c1-3-16(19)18-14-10-6-4-8-12(14)17(2)13-9-5-7-11-15(13)18/h4-12,14H,3H2,1-2H3/p+2. The van der Waals surface area contributed by atoms with Crippen LogP contribution in [0.2, 0.25) is 0 Å². The van der Waals surface area contributed by atoms with Crippen molar-refractivity contribution in [1.29, 1.82) is 0 Å². The zero-order valence-corrected chi connectivity index (χ0v) is 11.4. The Morgan fingerprint density at radius 2 is 1.74 bits per heavy atom. The van der Waals surface area contributed by atoms with E-state index in [4.69, 9.17) is 0 Å². The molecule has 4 unspecified atom stereocenters. The minimum atomic E-state index is 0.215. The van der Waals surface area contributed by atoms with Crippen LogP contribution in [0.15, 0.2) is 48.6 Å². The first-order valence-electron chi connectivity index (χ1n) is 6.92. The fourth-order valence-corrected chi connectivity index (χ4v) is 3.24. The molecule has 0 aromatic heterocycles. The van der Waals surface area contributed by atoms with Gasteiger partial charge in [0, 0.05) is 12.1 Å². The summed E-state index contributed by atoms with van der Waals surface area (Å²) in [6, 6.07) is 8.86. The average Bonchev–Trinajstić information content (AvgIpc) is 2.47. The molecule has 19 heavy (non-hydrogen) atoms. The van der Waals surface area contributed by atoms with Gasteiger partial charge in [-0.15, -0.1) is 0 Å². The van der Waals surface area contributed by atoms with Gasteiger partial charge in [0.2, 0.25) is 5.69 Å². The fraction of sp³-hybridized carbons (Fsp3) is 0.312. The van der Waals surface area contributed by atoms with E-state index in [0.717, 1.165) is 10.6 Å². The number of nitrogens with one attached hydrogen (secondary N) is 2. The van der Waals surface area contributed by atoms with Crippen molar-refractivity contribution >= 4 is 17.3 Å². The summed E-state index contributed by atoms with van der Waals surface area (Å²) in [5, 5.41) is 0. The second-order valence-corrected chi connectivity index (χ2v) is 5.24. The summed E-state index contributed by atoms with van der Waals surface area (Å²) in [7, 11) is 2.19. The summed E-state index contributed by atoms with van der Waals surface area (Å²) in [6.45, 7) is 1.94. The number of benzene rings is 1. The minimum Gasteiger partial charge on any atom is -0.289 e. The SMILES string of the molecule is CCC(=O)[NH+]1c2ccccc2[NH+](C)C2C=CC=CC21. The number of carbonyl (C=O) groups excluding carboxylic acids is 1. The lowest BCUT2D eigenvalue weighted by Gasteiger charge is -2.38. The molecule has 1 amide bonds. The van der Waals surface area contributed by atoms with Crippen molar-refractivity contribution in [3.05, 3.63) is 48.6 Å². The molecule has 3 heteroatoms. The van der Waals surface area contributed by atoms with Gasteiger partial charge < -0.3 is 0 Å². The summed E-state index contributed by atoms with van der Waals surface area (Å²) in [6.07, 6.45) is 9.12. The third-order valence-corrected chi connectivity index (χ3v) is 4.23. The summed E-state index contributed by atoms with van der Waals surface area (Å²) >= 11 is 0. The number of quaternary nitrogens is 2.